The van der Waals surface area contributed by atoms with E-state index in [1.54, 1.807) is 24.1 Å². The number of rotatable bonds is 5. The van der Waals surface area contributed by atoms with Crippen LogP contribution in [0.2, 0.25) is 5.02 Å². The Morgan fingerprint density at radius 3 is 2.84 bits per heavy atom. The summed E-state index contributed by atoms with van der Waals surface area (Å²) in [5.41, 5.74) is 0.905. The second-order valence-electron chi connectivity index (χ2n) is 5.09. The molecular formula is C14H17BrClNO2. The zero-order valence-electron chi connectivity index (χ0n) is 10.8. The lowest BCUT2D eigenvalue weighted by atomic mass is 10.1. The first-order chi connectivity index (χ1) is 8.97. The largest absolute Gasteiger partial charge is 0.391 e. The highest BCUT2D eigenvalue weighted by atomic mass is 79.9. The highest BCUT2D eigenvalue weighted by Gasteiger charge is 2.31. The molecule has 5 heteroatoms. The van der Waals surface area contributed by atoms with Crippen LogP contribution in [0.5, 0.6) is 0 Å². The Morgan fingerprint density at radius 1 is 1.58 bits per heavy atom. The third kappa shape index (κ3) is 4.20. The Kier molecular flexibility index (Phi) is 4.87. The number of aliphatic hydroxyl groups is 1. The molecule has 1 saturated carbocycles. The Labute approximate surface area is 126 Å². The van der Waals surface area contributed by atoms with Crippen molar-refractivity contribution in [2.75, 3.05) is 13.6 Å². The molecule has 3 nitrogen and oxygen atoms in total. The summed E-state index contributed by atoms with van der Waals surface area (Å²) in [7, 11) is 1.73. The van der Waals surface area contributed by atoms with Crippen molar-refractivity contribution in [1.29, 1.82) is 0 Å². The predicted octanol–water partition coefficient (Wildman–Crippen LogP) is 2.87. The maximum atomic E-state index is 12.1. The van der Waals surface area contributed by atoms with Crippen molar-refractivity contribution in [1.82, 2.24) is 4.90 Å². The van der Waals surface area contributed by atoms with E-state index in [1.807, 2.05) is 6.07 Å². The molecular weight excluding hydrogens is 330 g/mol. The normalized spacial score (nSPS) is 16.2. The third-order valence-corrected chi connectivity index (χ3v) is 4.38. The Balaban J connectivity index is 1.91. The van der Waals surface area contributed by atoms with E-state index in [0.717, 1.165) is 22.9 Å². The first kappa shape index (κ1) is 14.8. The van der Waals surface area contributed by atoms with Crippen molar-refractivity contribution >= 4 is 33.4 Å². The van der Waals surface area contributed by atoms with Gasteiger partial charge in [-0.3, -0.25) is 4.79 Å². The molecule has 0 bridgehead atoms. The Bertz CT molecular complexity index is 477. The second kappa shape index (κ2) is 6.25. The molecule has 0 spiro atoms. The van der Waals surface area contributed by atoms with Crippen LogP contribution in [0.25, 0.3) is 0 Å². The van der Waals surface area contributed by atoms with Gasteiger partial charge in [-0.2, -0.15) is 0 Å². The van der Waals surface area contributed by atoms with Crippen molar-refractivity contribution in [3.05, 3.63) is 33.3 Å². The van der Waals surface area contributed by atoms with Gasteiger partial charge in [-0.25, -0.2) is 0 Å². The van der Waals surface area contributed by atoms with Gasteiger partial charge in [-0.1, -0.05) is 33.6 Å². The molecule has 1 aromatic rings. The first-order valence-electron chi connectivity index (χ1n) is 6.33. The molecule has 104 valence electrons. The van der Waals surface area contributed by atoms with Gasteiger partial charge in [-0.05, 0) is 36.5 Å². The number of nitrogens with zero attached hydrogens (tertiary/aromatic N) is 1. The summed E-state index contributed by atoms with van der Waals surface area (Å²) in [5, 5.41) is 10.5. The number of benzene rings is 1. The van der Waals surface area contributed by atoms with E-state index >= 15 is 0 Å². The van der Waals surface area contributed by atoms with Gasteiger partial charge in [-0.15, -0.1) is 0 Å². The number of likely N-dealkylation sites (N-methyl/N-ethyl adjacent to an activating group) is 1. The number of amides is 1. The molecule has 0 aromatic heterocycles. The zero-order chi connectivity index (χ0) is 14.0. The lowest BCUT2D eigenvalue weighted by molar-refractivity contribution is -0.130. The molecule has 0 aliphatic heterocycles. The number of halogens is 2. The molecule has 0 radical (unpaired) electrons. The average Bonchev–Trinajstić information content (AvgIpc) is 3.16. The maximum absolute atomic E-state index is 12.1. The average molecular weight is 347 g/mol. The Hall–Kier alpha value is -0.580. The van der Waals surface area contributed by atoms with Crippen molar-refractivity contribution in [3.63, 3.8) is 0 Å². The smallest absolute Gasteiger partial charge is 0.226 e. The minimum absolute atomic E-state index is 0.00252. The van der Waals surface area contributed by atoms with E-state index in [9.17, 15) is 9.90 Å². The maximum Gasteiger partial charge on any atom is 0.226 e. The molecule has 1 amide bonds. The summed E-state index contributed by atoms with van der Waals surface area (Å²) in [5.74, 6) is 0.389. The van der Waals surface area contributed by atoms with Crippen LogP contribution in [0.4, 0.5) is 0 Å². The number of hydrogen-bond donors (Lipinski definition) is 1. The first-order valence-corrected chi connectivity index (χ1v) is 7.50. The molecule has 1 fully saturated rings. The number of carbonyl (C=O) groups excluding carboxylic acids is 1. The quantitative estimate of drug-likeness (QED) is 0.890. The van der Waals surface area contributed by atoms with Gasteiger partial charge in [0.2, 0.25) is 5.91 Å². The summed E-state index contributed by atoms with van der Waals surface area (Å²) in [6.07, 6.45) is 2.08. The van der Waals surface area contributed by atoms with Gasteiger partial charge in [0.25, 0.3) is 0 Å². The van der Waals surface area contributed by atoms with Gasteiger partial charge < -0.3 is 10.0 Å². The zero-order valence-corrected chi connectivity index (χ0v) is 13.1. The molecule has 1 aliphatic carbocycles. The molecule has 1 N–H and O–H groups in total. The van der Waals surface area contributed by atoms with Gasteiger partial charge in [0, 0.05) is 23.1 Å². The third-order valence-electron chi connectivity index (χ3n) is 3.41. The number of carbonyl (C=O) groups is 1. The van der Waals surface area contributed by atoms with Crippen molar-refractivity contribution < 1.29 is 9.90 Å². The molecule has 1 aliphatic rings. The van der Waals surface area contributed by atoms with Crippen molar-refractivity contribution in [2.24, 2.45) is 5.92 Å². The van der Waals surface area contributed by atoms with Gasteiger partial charge >= 0.3 is 0 Å². The highest BCUT2D eigenvalue weighted by molar-refractivity contribution is 9.10. The van der Waals surface area contributed by atoms with E-state index in [4.69, 9.17) is 11.6 Å². The standard InChI is InChI=1S/C14H17BrClNO2/c1-17(8-13(18)9-2-3-9)14(19)6-10-4-5-11(16)7-12(10)15/h4-5,7,9,13,18H,2-3,6,8H2,1H3. The Morgan fingerprint density at radius 2 is 2.26 bits per heavy atom. The molecule has 0 heterocycles. The fourth-order valence-corrected chi connectivity index (χ4v) is 2.80. The van der Waals surface area contributed by atoms with E-state index in [0.29, 0.717) is 23.9 Å². The van der Waals surface area contributed by atoms with Gasteiger partial charge in [0.15, 0.2) is 0 Å². The van der Waals surface area contributed by atoms with Crippen LogP contribution < -0.4 is 0 Å². The monoisotopic (exact) mass is 345 g/mol. The number of hydrogen-bond acceptors (Lipinski definition) is 2. The van der Waals surface area contributed by atoms with E-state index in [1.165, 1.54) is 0 Å². The van der Waals surface area contributed by atoms with E-state index in [-0.39, 0.29) is 12.0 Å². The minimum Gasteiger partial charge on any atom is -0.391 e. The lowest BCUT2D eigenvalue weighted by Gasteiger charge is -2.21. The van der Waals surface area contributed by atoms with Crippen LogP contribution in [0.1, 0.15) is 18.4 Å². The minimum atomic E-state index is -0.386. The molecule has 19 heavy (non-hydrogen) atoms. The fourth-order valence-electron chi connectivity index (χ4n) is 1.98. The SMILES string of the molecule is CN(CC(O)C1CC1)C(=O)Cc1ccc(Cl)cc1Br. The molecule has 2 rings (SSSR count). The van der Waals surface area contributed by atoms with Crippen LogP contribution in [-0.4, -0.2) is 35.6 Å². The molecule has 1 aromatic carbocycles. The van der Waals surface area contributed by atoms with Crippen molar-refractivity contribution in [2.45, 2.75) is 25.4 Å². The lowest BCUT2D eigenvalue weighted by Crippen LogP contribution is -2.36. The van der Waals surface area contributed by atoms with Crippen LogP contribution in [0.15, 0.2) is 22.7 Å². The van der Waals surface area contributed by atoms with Gasteiger partial charge in [0.05, 0.1) is 12.5 Å². The topological polar surface area (TPSA) is 40.5 Å². The molecule has 0 saturated heterocycles. The molecule has 1 atom stereocenters. The summed E-state index contributed by atoms with van der Waals surface area (Å²) in [6.45, 7) is 0.411. The summed E-state index contributed by atoms with van der Waals surface area (Å²) in [6, 6.07) is 5.40. The van der Waals surface area contributed by atoms with E-state index in [2.05, 4.69) is 15.9 Å². The van der Waals surface area contributed by atoms with Crippen LogP contribution in [0.3, 0.4) is 0 Å². The van der Waals surface area contributed by atoms with E-state index < -0.39 is 0 Å². The van der Waals surface area contributed by atoms with Crippen molar-refractivity contribution in [3.8, 4) is 0 Å². The summed E-state index contributed by atoms with van der Waals surface area (Å²) in [4.78, 5) is 13.7. The molecule has 1 unspecified atom stereocenters. The predicted molar refractivity (Wildman–Crippen MR) is 79.2 cm³/mol. The summed E-state index contributed by atoms with van der Waals surface area (Å²) >= 11 is 9.27. The highest BCUT2D eigenvalue weighted by Crippen LogP contribution is 2.32. The summed E-state index contributed by atoms with van der Waals surface area (Å²) < 4.78 is 0.837. The second-order valence-corrected chi connectivity index (χ2v) is 6.38. The fraction of sp³-hybridized carbons (Fsp3) is 0.500. The van der Waals surface area contributed by atoms with Crippen LogP contribution in [0, 0.1) is 5.92 Å². The van der Waals surface area contributed by atoms with Gasteiger partial charge in [0.1, 0.15) is 0 Å². The number of aliphatic hydroxyl groups excluding tert-OH is 1. The van der Waals surface area contributed by atoms with Crippen LogP contribution in [-0.2, 0) is 11.2 Å². The van der Waals surface area contributed by atoms with Crippen LogP contribution >= 0.6 is 27.5 Å².